The SMILES string of the molecule is CC(C)(C)C(N)CC(=O)N(Cc1ccccn1)C1CC1. The second kappa shape index (κ2) is 5.92. The molecule has 1 saturated carbocycles. The zero-order chi connectivity index (χ0) is 14.8. The summed E-state index contributed by atoms with van der Waals surface area (Å²) in [6.07, 6.45) is 4.38. The molecule has 0 bridgehead atoms. The predicted octanol–water partition coefficient (Wildman–Crippen LogP) is 2.34. The van der Waals surface area contributed by atoms with E-state index in [1.807, 2.05) is 23.1 Å². The van der Waals surface area contributed by atoms with Gasteiger partial charge in [0, 0.05) is 24.7 Å². The van der Waals surface area contributed by atoms with Crippen LogP contribution in [0.25, 0.3) is 0 Å². The predicted molar refractivity (Wildman–Crippen MR) is 79.9 cm³/mol. The minimum atomic E-state index is -0.111. The van der Waals surface area contributed by atoms with Crippen molar-refractivity contribution in [2.24, 2.45) is 11.1 Å². The van der Waals surface area contributed by atoms with Crippen LogP contribution < -0.4 is 5.73 Å². The molecule has 1 amide bonds. The lowest BCUT2D eigenvalue weighted by Gasteiger charge is -2.29. The molecule has 0 aromatic carbocycles. The van der Waals surface area contributed by atoms with Crippen molar-refractivity contribution in [1.82, 2.24) is 9.88 Å². The Labute approximate surface area is 121 Å². The maximum absolute atomic E-state index is 12.5. The maximum atomic E-state index is 12.5. The molecule has 1 unspecified atom stereocenters. The third kappa shape index (κ3) is 4.04. The Balaban J connectivity index is 2.00. The fraction of sp³-hybridized carbons (Fsp3) is 0.625. The number of pyridine rings is 1. The fourth-order valence-corrected chi connectivity index (χ4v) is 2.08. The quantitative estimate of drug-likeness (QED) is 0.897. The lowest BCUT2D eigenvalue weighted by atomic mass is 9.85. The fourth-order valence-electron chi connectivity index (χ4n) is 2.08. The number of carbonyl (C=O) groups excluding carboxylic acids is 1. The Morgan fingerprint density at radius 2 is 2.15 bits per heavy atom. The van der Waals surface area contributed by atoms with Crippen LogP contribution in [0.2, 0.25) is 0 Å². The molecule has 0 saturated heterocycles. The number of hydrogen-bond donors (Lipinski definition) is 1. The molecule has 1 atom stereocenters. The first-order valence-corrected chi connectivity index (χ1v) is 7.33. The van der Waals surface area contributed by atoms with E-state index in [2.05, 4.69) is 25.8 Å². The Morgan fingerprint density at radius 3 is 2.65 bits per heavy atom. The van der Waals surface area contributed by atoms with Crippen molar-refractivity contribution in [3.8, 4) is 0 Å². The van der Waals surface area contributed by atoms with E-state index in [9.17, 15) is 4.79 Å². The molecule has 110 valence electrons. The number of aromatic nitrogens is 1. The largest absolute Gasteiger partial charge is 0.334 e. The molecule has 2 rings (SSSR count). The van der Waals surface area contributed by atoms with Gasteiger partial charge in [-0.2, -0.15) is 0 Å². The summed E-state index contributed by atoms with van der Waals surface area (Å²) in [5.41, 5.74) is 7.04. The highest BCUT2D eigenvalue weighted by atomic mass is 16.2. The molecule has 0 spiro atoms. The van der Waals surface area contributed by atoms with Crippen molar-refractivity contribution in [2.75, 3.05) is 0 Å². The van der Waals surface area contributed by atoms with Crippen LogP contribution >= 0.6 is 0 Å². The van der Waals surface area contributed by atoms with E-state index in [0.717, 1.165) is 18.5 Å². The summed E-state index contributed by atoms with van der Waals surface area (Å²) in [6.45, 7) is 6.82. The number of nitrogens with two attached hydrogens (primary N) is 1. The van der Waals surface area contributed by atoms with Crippen LogP contribution in [0.4, 0.5) is 0 Å². The Morgan fingerprint density at radius 1 is 1.45 bits per heavy atom. The standard InChI is InChI=1S/C16H25N3O/c1-16(2,3)14(17)10-15(20)19(13-7-8-13)11-12-6-4-5-9-18-12/h4-6,9,13-14H,7-8,10-11,17H2,1-3H3. The summed E-state index contributed by atoms with van der Waals surface area (Å²) in [4.78, 5) is 18.8. The van der Waals surface area contributed by atoms with Crippen molar-refractivity contribution in [3.05, 3.63) is 30.1 Å². The summed E-state index contributed by atoms with van der Waals surface area (Å²) in [5.74, 6) is 0.153. The van der Waals surface area contributed by atoms with Gasteiger partial charge < -0.3 is 10.6 Å². The molecule has 0 aliphatic heterocycles. The van der Waals surface area contributed by atoms with Gasteiger partial charge in [0.1, 0.15) is 0 Å². The van der Waals surface area contributed by atoms with Gasteiger partial charge >= 0.3 is 0 Å². The highest BCUT2D eigenvalue weighted by Crippen LogP contribution is 2.30. The summed E-state index contributed by atoms with van der Waals surface area (Å²) in [6, 6.07) is 6.09. The summed E-state index contributed by atoms with van der Waals surface area (Å²) in [5, 5.41) is 0. The van der Waals surface area contributed by atoms with Gasteiger partial charge in [0.15, 0.2) is 0 Å². The highest BCUT2D eigenvalue weighted by Gasteiger charge is 2.34. The molecular weight excluding hydrogens is 250 g/mol. The number of amides is 1. The maximum Gasteiger partial charge on any atom is 0.224 e. The van der Waals surface area contributed by atoms with Gasteiger partial charge in [0.2, 0.25) is 5.91 Å². The van der Waals surface area contributed by atoms with Gasteiger partial charge in [0.25, 0.3) is 0 Å². The van der Waals surface area contributed by atoms with Gasteiger partial charge in [-0.3, -0.25) is 9.78 Å². The molecule has 1 aliphatic carbocycles. The Kier molecular flexibility index (Phi) is 4.43. The molecule has 1 aromatic heterocycles. The van der Waals surface area contributed by atoms with E-state index in [1.165, 1.54) is 0 Å². The van der Waals surface area contributed by atoms with Gasteiger partial charge in [0.05, 0.1) is 12.2 Å². The molecule has 1 fully saturated rings. The zero-order valence-electron chi connectivity index (χ0n) is 12.7. The van der Waals surface area contributed by atoms with Crippen molar-refractivity contribution < 1.29 is 4.79 Å². The first kappa shape index (κ1) is 15.0. The van der Waals surface area contributed by atoms with Crippen LogP contribution in [-0.2, 0) is 11.3 Å². The summed E-state index contributed by atoms with van der Waals surface area (Å²) >= 11 is 0. The van der Waals surface area contributed by atoms with E-state index >= 15 is 0 Å². The van der Waals surface area contributed by atoms with Crippen LogP contribution in [0.15, 0.2) is 24.4 Å². The van der Waals surface area contributed by atoms with Crippen molar-refractivity contribution in [3.63, 3.8) is 0 Å². The Bertz CT molecular complexity index is 449. The molecule has 1 aromatic rings. The summed E-state index contributed by atoms with van der Waals surface area (Å²) in [7, 11) is 0. The topological polar surface area (TPSA) is 59.2 Å². The van der Waals surface area contributed by atoms with Crippen LogP contribution in [0.3, 0.4) is 0 Å². The van der Waals surface area contributed by atoms with Crippen molar-refractivity contribution in [1.29, 1.82) is 0 Å². The van der Waals surface area contributed by atoms with E-state index < -0.39 is 0 Å². The second-order valence-electron chi connectivity index (χ2n) is 6.75. The van der Waals surface area contributed by atoms with Crippen LogP contribution in [0, 0.1) is 5.41 Å². The van der Waals surface area contributed by atoms with Crippen LogP contribution in [-0.4, -0.2) is 27.9 Å². The minimum absolute atomic E-state index is 0.0458. The molecule has 20 heavy (non-hydrogen) atoms. The molecule has 4 nitrogen and oxygen atoms in total. The van der Waals surface area contributed by atoms with Crippen LogP contribution in [0.5, 0.6) is 0 Å². The van der Waals surface area contributed by atoms with Crippen molar-refractivity contribution >= 4 is 5.91 Å². The van der Waals surface area contributed by atoms with Gasteiger partial charge in [-0.1, -0.05) is 26.8 Å². The second-order valence-corrected chi connectivity index (χ2v) is 6.75. The molecule has 1 heterocycles. The Hall–Kier alpha value is -1.42. The van der Waals surface area contributed by atoms with E-state index in [0.29, 0.717) is 19.0 Å². The lowest BCUT2D eigenvalue weighted by Crippen LogP contribution is -2.42. The monoisotopic (exact) mass is 275 g/mol. The normalized spacial score (nSPS) is 16.8. The number of carbonyl (C=O) groups is 1. The number of hydrogen-bond acceptors (Lipinski definition) is 3. The minimum Gasteiger partial charge on any atom is -0.334 e. The first-order valence-electron chi connectivity index (χ1n) is 7.33. The van der Waals surface area contributed by atoms with E-state index in [1.54, 1.807) is 6.20 Å². The molecule has 0 radical (unpaired) electrons. The molecule has 2 N–H and O–H groups in total. The smallest absolute Gasteiger partial charge is 0.224 e. The van der Waals surface area contributed by atoms with E-state index in [-0.39, 0.29) is 17.4 Å². The molecule has 1 aliphatic rings. The highest BCUT2D eigenvalue weighted by molar-refractivity contribution is 5.77. The van der Waals surface area contributed by atoms with Crippen molar-refractivity contribution in [2.45, 2.75) is 58.7 Å². The zero-order valence-corrected chi connectivity index (χ0v) is 12.7. The lowest BCUT2D eigenvalue weighted by molar-refractivity contribution is -0.133. The van der Waals surface area contributed by atoms with Gasteiger partial charge in [-0.25, -0.2) is 0 Å². The molecular formula is C16H25N3O. The third-order valence-electron chi connectivity index (χ3n) is 3.87. The van der Waals surface area contributed by atoms with Gasteiger partial charge in [-0.15, -0.1) is 0 Å². The first-order chi connectivity index (χ1) is 9.38. The number of rotatable bonds is 5. The number of nitrogens with zero attached hydrogens (tertiary/aromatic N) is 2. The summed E-state index contributed by atoms with van der Waals surface area (Å²) < 4.78 is 0. The van der Waals surface area contributed by atoms with E-state index in [4.69, 9.17) is 5.73 Å². The van der Waals surface area contributed by atoms with Crippen LogP contribution in [0.1, 0.15) is 45.7 Å². The van der Waals surface area contributed by atoms with Gasteiger partial charge in [-0.05, 0) is 30.4 Å². The molecule has 4 heteroatoms. The third-order valence-corrected chi connectivity index (χ3v) is 3.87. The average molecular weight is 275 g/mol. The average Bonchev–Trinajstić information content (AvgIpc) is 3.20.